The van der Waals surface area contributed by atoms with E-state index in [1.54, 1.807) is 7.05 Å². The molecule has 134 valence electrons. The van der Waals surface area contributed by atoms with E-state index >= 15 is 0 Å². The number of aryl methyl sites for hydroxylation is 1. The third-order valence-corrected chi connectivity index (χ3v) is 4.60. The Morgan fingerprint density at radius 3 is 3.00 bits per heavy atom. The Bertz CT molecular complexity index is 531. The molecular weight excluding hydrogens is 322 g/mol. The van der Waals surface area contributed by atoms with Crippen LogP contribution in [0.25, 0.3) is 0 Å². The zero-order valence-electron chi connectivity index (χ0n) is 14.9. The van der Waals surface area contributed by atoms with Gasteiger partial charge in [-0.05, 0) is 31.2 Å². The van der Waals surface area contributed by atoms with Crippen molar-refractivity contribution in [2.24, 2.45) is 10.9 Å². The second-order valence-electron chi connectivity index (χ2n) is 6.00. The average Bonchev–Trinajstić information content (AvgIpc) is 3.11. The van der Waals surface area contributed by atoms with Crippen molar-refractivity contribution in [3.8, 4) is 5.75 Å². The molecule has 0 bridgehead atoms. The Hall–Kier alpha value is -1.40. The molecule has 0 spiro atoms. The van der Waals surface area contributed by atoms with Crippen LogP contribution in [0.4, 0.5) is 0 Å². The summed E-state index contributed by atoms with van der Waals surface area (Å²) in [5, 5.41) is 6.67. The molecule has 1 aromatic carbocycles. The van der Waals surface area contributed by atoms with E-state index in [1.165, 1.54) is 5.56 Å². The lowest BCUT2D eigenvalue weighted by atomic mass is 10.1. The van der Waals surface area contributed by atoms with Crippen LogP contribution in [0, 0.1) is 12.8 Å². The van der Waals surface area contributed by atoms with Gasteiger partial charge in [0.15, 0.2) is 5.96 Å². The van der Waals surface area contributed by atoms with Gasteiger partial charge in [0, 0.05) is 44.0 Å². The van der Waals surface area contributed by atoms with Crippen LogP contribution in [0.2, 0.25) is 0 Å². The third kappa shape index (κ3) is 6.24. The summed E-state index contributed by atoms with van der Waals surface area (Å²) in [5.41, 5.74) is 2.35. The fraction of sp³-hybridized carbons (Fsp3) is 0.611. The highest BCUT2D eigenvalue weighted by atomic mass is 32.2. The monoisotopic (exact) mass is 351 g/mol. The van der Waals surface area contributed by atoms with Gasteiger partial charge in [-0.25, -0.2) is 0 Å². The predicted octanol–water partition coefficient (Wildman–Crippen LogP) is 2.44. The molecule has 1 aliphatic heterocycles. The van der Waals surface area contributed by atoms with Gasteiger partial charge >= 0.3 is 0 Å². The highest BCUT2D eigenvalue weighted by molar-refractivity contribution is 7.98. The van der Waals surface area contributed by atoms with Crippen molar-refractivity contribution in [2.45, 2.75) is 19.9 Å². The van der Waals surface area contributed by atoms with E-state index in [0.717, 1.165) is 55.8 Å². The van der Waals surface area contributed by atoms with Gasteiger partial charge in [-0.15, -0.1) is 0 Å². The molecule has 2 N–H and O–H groups in total. The standard InChI is InChI=1S/C18H29N3O2S/c1-14-4-5-16(11-21-18(19-2)20-7-9-24-3)17(10-14)23-13-15-6-8-22-12-15/h4-5,10,15H,6-9,11-13H2,1-3H3,(H2,19,20,21). The second-order valence-corrected chi connectivity index (χ2v) is 6.98. The van der Waals surface area contributed by atoms with Crippen molar-refractivity contribution in [3.05, 3.63) is 29.3 Å². The topological polar surface area (TPSA) is 54.9 Å². The molecule has 1 heterocycles. The van der Waals surface area contributed by atoms with Gasteiger partial charge in [-0.3, -0.25) is 4.99 Å². The van der Waals surface area contributed by atoms with Crippen LogP contribution in [0.15, 0.2) is 23.2 Å². The normalized spacial score (nSPS) is 17.8. The van der Waals surface area contributed by atoms with Gasteiger partial charge < -0.3 is 20.1 Å². The molecule has 24 heavy (non-hydrogen) atoms. The molecule has 1 saturated heterocycles. The third-order valence-electron chi connectivity index (χ3n) is 3.99. The van der Waals surface area contributed by atoms with Crippen LogP contribution >= 0.6 is 11.8 Å². The van der Waals surface area contributed by atoms with Crippen LogP contribution in [0.1, 0.15) is 17.5 Å². The molecular formula is C18H29N3O2S. The smallest absolute Gasteiger partial charge is 0.191 e. The van der Waals surface area contributed by atoms with Gasteiger partial charge in [-0.1, -0.05) is 12.1 Å². The molecule has 1 atom stereocenters. The SMILES string of the molecule is CN=C(NCCSC)NCc1ccc(C)cc1OCC1CCOC1. The molecule has 2 rings (SSSR count). The van der Waals surface area contributed by atoms with Crippen molar-refractivity contribution in [1.29, 1.82) is 0 Å². The number of nitrogens with zero attached hydrogens (tertiary/aromatic N) is 1. The number of aliphatic imine (C=N–C) groups is 1. The lowest BCUT2D eigenvalue weighted by molar-refractivity contribution is 0.166. The molecule has 1 fully saturated rings. The quantitative estimate of drug-likeness (QED) is 0.428. The van der Waals surface area contributed by atoms with Gasteiger partial charge in [0.25, 0.3) is 0 Å². The molecule has 0 aliphatic carbocycles. The van der Waals surface area contributed by atoms with E-state index < -0.39 is 0 Å². The summed E-state index contributed by atoms with van der Waals surface area (Å²) in [4.78, 5) is 4.26. The lowest BCUT2D eigenvalue weighted by Gasteiger charge is -2.16. The number of rotatable bonds is 8. The fourth-order valence-corrected chi connectivity index (χ4v) is 2.84. The highest BCUT2D eigenvalue weighted by Crippen LogP contribution is 2.22. The number of benzene rings is 1. The summed E-state index contributed by atoms with van der Waals surface area (Å²) in [6.45, 7) is 6.07. The largest absolute Gasteiger partial charge is 0.493 e. The summed E-state index contributed by atoms with van der Waals surface area (Å²) in [6.07, 6.45) is 3.19. The number of nitrogens with one attached hydrogen (secondary N) is 2. The minimum Gasteiger partial charge on any atom is -0.493 e. The summed E-state index contributed by atoms with van der Waals surface area (Å²) < 4.78 is 11.5. The zero-order chi connectivity index (χ0) is 17.2. The van der Waals surface area contributed by atoms with E-state index in [2.05, 4.69) is 47.0 Å². The van der Waals surface area contributed by atoms with Crippen molar-refractivity contribution in [2.75, 3.05) is 45.4 Å². The van der Waals surface area contributed by atoms with E-state index in [0.29, 0.717) is 12.5 Å². The number of guanidine groups is 1. The van der Waals surface area contributed by atoms with E-state index in [9.17, 15) is 0 Å². The molecule has 0 aromatic heterocycles. The second kappa shape index (κ2) is 10.5. The van der Waals surface area contributed by atoms with E-state index in [-0.39, 0.29) is 0 Å². The molecule has 6 heteroatoms. The van der Waals surface area contributed by atoms with Crippen molar-refractivity contribution < 1.29 is 9.47 Å². The van der Waals surface area contributed by atoms with Gasteiger partial charge in [0.2, 0.25) is 0 Å². The first kappa shape index (κ1) is 18.9. The highest BCUT2D eigenvalue weighted by Gasteiger charge is 2.17. The van der Waals surface area contributed by atoms with Crippen molar-refractivity contribution in [3.63, 3.8) is 0 Å². The Morgan fingerprint density at radius 1 is 1.42 bits per heavy atom. The Kier molecular flexibility index (Phi) is 8.25. The van der Waals surface area contributed by atoms with Crippen molar-refractivity contribution in [1.82, 2.24) is 10.6 Å². The van der Waals surface area contributed by atoms with Crippen molar-refractivity contribution >= 4 is 17.7 Å². The van der Waals surface area contributed by atoms with Crippen LogP contribution in [0.5, 0.6) is 5.75 Å². The number of ether oxygens (including phenoxy) is 2. The Morgan fingerprint density at radius 2 is 2.29 bits per heavy atom. The first-order chi connectivity index (χ1) is 11.7. The first-order valence-corrected chi connectivity index (χ1v) is 9.86. The molecule has 1 aliphatic rings. The Balaban J connectivity index is 1.90. The maximum atomic E-state index is 6.08. The van der Waals surface area contributed by atoms with Gasteiger partial charge in [-0.2, -0.15) is 11.8 Å². The first-order valence-electron chi connectivity index (χ1n) is 8.46. The number of thioether (sulfide) groups is 1. The molecule has 1 aromatic rings. The zero-order valence-corrected chi connectivity index (χ0v) is 15.7. The van der Waals surface area contributed by atoms with Gasteiger partial charge in [0.05, 0.1) is 13.2 Å². The number of hydrogen-bond donors (Lipinski definition) is 2. The van der Waals surface area contributed by atoms with Crippen LogP contribution in [0.3, 0.4) is 0 Å². The van der Waals surface area contributed by atoms with Crippen LogP contribution in [-0.4, -0.2) is 51.4 Å². The molecule has 5 nitrogen and oxygen atoms in total. The summed E-state index contributed by atoms with van der Waals surface area (Å²) in [5.74, 6) is 3.34. The number of hydrogen-bond acceptors (Lipinski definition) is 4. The molecule has 0 saturated carbocycles. The summed E-state index contributed by atoms with van der Waals surface area (Å²) in [7, 11) is 1.79. The summed E-state index contributed by atoms with van der Waals surface area (Å²) in [6, 6.07) is 6.35. The predicted molar refractivity (Wildman–Crippen MR) is 102 cm³/mol. The Labute approximate surface area is 149 Å². The maximum absolute atomic E-state index is 6.08. The molecule has 0 amide bonds. The van der Waals surface area contributed by atoms with Gasteiger partial charge in [0.1, 0.15) is 5.75 Å². The minimum atomic E-state index is 0.507. The van der Waals surface area contributed by atoms with E-state index in [1.807, 2.05) is 11.8 Å². The molecule has 0 radical (unpaired) electrons. The molecule has 1 unspecified atom stereocenters. The van der Waals surface area contributed by atoms with Crippen LogP contribution < -0.4 is 15.4 Å². The van der Waals surface area contributed by atoms with Crippen LogP contribution in [-0.2, 0) is 11.3 Å². The minimum absolute atomic E-state index is 0.507. The maximum Gasteiger partial charge on any atom is 0.191 e. The lowest BCUT2D eigenvalue weighted by Crippen LogP contribution is -2.38. The average molecular weight is 352 g/mol. The van der Waals surface area contributed by atoms with E-state index in [4.69, 9.17) is 9.47 Å². The summed E-state index contributed by atoms with van der Waals surface area (Å²) >= 11 is 1.82. The fourth-order valence-electron chi connectivity index (χ4n) is 2.54.